The summed E-state index contributed by atoms with van der Waals surface area (Å²) >= 11 is 4.91. The van der Waals surface area contributed by atoms with Crippen molar-refractivity contribution in [2.75, 3.05) is 5.32 Å². The number of thiocarbonyl (C=S) groups is 1. The highest BCUT2D eigenvalue weighted by molar-refractivity contribution is 7.80. The van der Waals surface area contributed by atoms with Gasteiger partial charge < -0.3 is 11.1 Å². The highest BCUT2D eigenvalue weighted by Gasteiger charge is 2.14. The Morgan fingerprint density at radius 1 is 1.19 bits per heavy atom. The maximum Gasteiger partial charge on any atom is 0.258 e. The Bertz CT molecular complexity index is 728. The van der Waals surface area contributed by atoms with Crippen LogP contribution in [0.2, 0.25) is 0 Å². The first-order chi connectivity index (χ1) is 9.90. The largest absolute Gasteiger partial charge is 0.389 e. The van der Waals surface area contributed by atoms with Gasteiger partial charge in [0, 0.05) is 11.3 Å². The standard InChI is InChI=1S/C16H15FN2OS/c1-9-6-7-11(15(18)21)8-13(9)19-16(20)12-5-3-4-10(2)14(12)17/h3-8H,1-2H3,(H2,18,21)(H,19,20). The van der Waals surface area contributed by atoms with Crippen LogP contribution in [0.15, 0.2) is 36.4 Å². The molecule has 0 aliphatic heterocycles. The topological polar surface area (TPSA) is 55.1 Å². The quantitative estimate of drug-likeness (QED) is 0.855. The van der Waals surface area contributed by atoms with Crippen molar-refractivity contribution in [3.05, 3.63) is 64.5 Å². The number of halogens is 1. The van der Waals surface area contributed by atoms with Crippen LogP contribution in [0.5, 0.6) is 0 Å². The smallest absolute Gasteiger partial charge is 0.258 e. The number of rotatable bonds is 3. The summed E-state index contributed by atoms with van der Waals surface area (Å²) < 4.78 is 14.0. The molecule has 21 heavy (non-hydrogen) atoms. The minimum atomic E-state index is -0.516. The first kappa shape index (κ1) is 15.1. The van der Waals surface area contributed by atoms with E-state index in [9.17, 15) is 9.18 Å². The molecule has 0 aliphatic rings. The number of aryl methyl sites for hydroxylation is 2. The molecule has 2 aromatic rings. The number of hydrogen-bond acceptors (Lipinski definition) is 2. The summed E-state index contributed by atoms with van der Waals surface area (Å²) in [7, 11) is 0. The molecule has 0 bridgehead atoms. The van der Waals surface area contributed by atoms with E-state index < -0.39 is 11.7 Å². The lowest BCUT2D eigenvalue weighted by molar-refractivity contribution is 0.102. The van der Waals surface area contributed by atoms with Crippen LogP contribution in [0, 0.1) is 19.7 Å². The average Bonchev–Trinajstić information content (AvgIpc) is 2.43. The minimum Gasteiger partial charge on any atom is -0.389 e. The van der Waals surface area contributed by atoms with E-state index in [1.54, 1.807) is 37.3 Å². The normalized spacial score (nSPS) is 10.2. The van der Waals surface area contributed by atoms with Crippen molar-refractivity contribution >= 4 is 28.8 Å². The highest BCUT2D eigenvalue weighted by atomic mass is 32.1. The van der Waals surface area contributed by atoms with E-state index in [-0.39, 0.29) is 10.6 Å². The second-order valence-corrected chi connectivity index (χ2v) is 5.22. The molecule has 2 aromatic carbocycles. The van der Waals surface area contributed by atoms with E-state index in [1.807, 2.05) is 6.92 Å². The van der Waals surface area contributed by atoms with E-state index in [4.69, 9.17) is 18.0 Å². The van der Waals surface area contributed by atoms with Crippen LogP contribution in [0.3, 0.4) is 0 Å². The van der Waals surface area contributed by atoms with Gasteiger partial charge in [0.25, 0.3) is 5.91 Å². The van der Waals surface area contributed by atoms with E-state index in [0.29, 0.717) is 16.8 Å². The van der Waals surface area contributed by atoms with Crippen LogP contribution in [-0.4, -0.2) is 10.9 Å². The third-order valence-electron chi connectivity index (χ3n) is 3.21. The van der Waals surface area contributed by atoms with Crippen molar-refractivity contribution in [1.82, 2.24) is 0 Å². The number of amides is 1. The van der Waals surface area contributed by atoms with E-state index in [2.05, 4.69) is 5.32 Å². The third-order valence-corrected chi connectivity index (χ3v) is 3.44. The lowest BCUT2D eigenvalue weighted by Gasteiger charge is -2.11. The molecule has 0 aliphatic carbocycles. The fourth-order valence-electron chi connectivity index (χ4n) is 1.92. The molecule has 0 saturated heterocycles. The monoisotopic (exact) mass is 302 g/mol. The van der Waals surface area contributed by atoms with Crippen molar-refractivity contribution in [3.8, 4) is 0 Å². The maximum atomic E-state index is 14.0. The van der Waals surface area contributed by atoms with Gasteiger partial charge in [0.05, 0.1) is 5.56 Å². The fraction of sp³-hybridized carbons (Fsp3) is 0.125. The number of carbonyl (C=O) groups excluding carboxylic acids is 1. The summed E-state index contributed by atoms with van der Waals surface area (Å²) in [5.41, 5.74) is 8.07. The molecule has 108 valence electrons. The molecule has 5 heteroatoms. The molecule has 0 saturated carbocycles. The summed E-state index contributed by atoms with van der Waals surface area (Å²) in [5, 5.41) is 2.70. The molecule has 0 heterocycles. The SMILES string of the molecule is Cc1ccc(C(N)=S)cc1NC(=O)c1cccc(C)c1F. The minimum absolute atomic E-state index is 0.00938. The van der Waals surface area contributed by atoms with E-state index in [0.717, 1.165) is 5.56 Å². The Hall–Kier alpha value is -2.27. The number of nitrogens with two attached hydrogens (primary N) is 1. The van der Waals surface area contributed by atoms with Crippen LogP contribution in [0.1, 0.15) is 27.0 Å². The molecule has 0 unspecified atom stereocenters. The average molecular weight is 302 g/mol. The zero-order valence-electron chi connectivity index (χ0n) is 11.7. The number of nitrogens with one attached hydrogen (secondary N) is 1. The van der Waals surface area contributed by atoms with Gasteiger partial charge in [0.15, 0.2) is 0 Å². The molecule has 0 spiro atoms. The Labute approximate surface area is 128 Å². The first-order valence-corrected chi connectivity index (χ1v) is 6.78. The van der Waals surface area contributed by atoms with Gasteiger partial charge in [-0.25, -0.2) is 4.39 Å². The molecule has 3 N–H and O–H groups in total. The van der Waals surface area contributed by atoms with Gasteiger partial charge in [0.2, 0.25) is 0 Å². The Morgan fingerprint density at radius 2 is 1.90 bits per heavy atom. The Kier molecular flexibility index (Phi) is 4.33. The zero-order valence-corrected chi connectivity index (χ0v) is 12.6. The maximum absolute atomic E-state index is 14.0. The molecule has 1 amide bonds. The summed E-state index contributed by atoms with van der Waals surface area (Å²) in [6.07, 6.45) is 0. The summed E-state index contributed by atoms with van der Waals surface area (Å²) in [5.74, 6) is -1.02. The predicted octanol–water partition coefficient (Wildman–Crippen LogP) is 3.33. The predicted molar refractivity (Wildman–Crippen MR) is 86.2 cm³/mol. The molecule has 3 nitrogen and oxygen atoms in total. The first-order valence-electron chi connectivity index (χ1n) is 6.37. The van der Waals surface area contributed by atoms with Crippen molar-refractivity contribution in [2.45, 2.75) is 13.8 Å². The van der Waals surface area contributed by atoms with Crippen molar-refractivity contribution in [1.29, 1.82) is 0 Å². The number of carbonyl (C=O) groups is 1. The molecule has 0 radical (unpaired) electrons. The zero-order chi connectivity index (χ0) is 15.6. The van der Waals surface area contributed by atoms with E-state index >= 15 is 0 Å². The van der Waals surface area contributed by atoms with Gasteiger partial charge in [0.1, 0.15) is 10.8 Å². The third kappa shape index (κ3) is 3.25. The van der Waals surface area contributed by atoms with Crippen molar-refractivity contribution < 1.29 is 9.18 Å². The number of benzene rings is 2. The number of hydrogen-bond donors (Lipinski definition) is 2. The van der Waals surface area contributed by atoms with Crippen LogP contribution < -0.4 is 11.1 Å². The summed E-state index contributed by atoms with van der Waals surface area (Å²) in [6.45, 7) is 3.45. The lowest BCUT2D eigenvalue weighted by atomic mass is 10.1. The lowest BCUT2D eigenvalue weighted by Crippen LogP contribution is -2.16. The van der Waals surface area contributed by atoms with Crippen LogP contribution in [-0.2, 0) is 0 Å². The molecular weight excluding hydrogens is 287 g/mol. The van der Waals surface area contributed by atoms with Crippen LogP contribution in [0.4, 0.5) is 10.1 Å². The Morgan fingerprint density at radius 3 is 2.57 bits per heavy atom. The molecular formula is C16H15FN2OS. The molecule has 0 aromatic heterocycles. The second kappa shape index (κ2) is 6.01. The molecule has 2 rings (SSSR count). The van der Waals surface area contributed by atoms with Gasteiger partial charge in [-0.15, -0.1) is 0 Å². The molecule has 0 atom stereocenters. The van der Waals surface area contributed by atoms with Gasteiger partial charge in [-0.3, -0.25) is 4.79 Å². The highest BCUT2D eigenvalue weighted by Crippen LogP contribution is 2.19. The van der Waals surface area contributed by atoms with Crippen molar-refractivity contribution in [3.63, 3.8) is 0 Å². The fourth-order valence-corrected chi connectivity index (χ4v) is 2.05. The van der Waals surface area contributed by atoms with Crippen LogP contribution >= 0.6 is 12.2 Å². The summed E-state index contributed by atoms with van der Waals surface area (Å²) in [6, 6.07) is 9.97. The van der Waals surface area contributed by atoms with Gasteiger partial charge >= 0.3 is 0 Å². The van der Waals surface area contributed by atoms with Crippen molar-refractivity contribution in [2.24, 2.45) is 5.73 Å². The van der Waals surface area contributed by atoms with Gasteiger partial charge in [-0.1, -0.05) is 36.5 Å². The van der Waals surface area contributed by atoms with Crippen LogP contribution in [0.25, 0.3) is 0 Å². The second-order valence-electron chi connectivity index (χ2n) is 4.78. The Balaban J connectivity index is 2.33. The van der Waals surface area contributed by atoms with Gasteiger partial charge in [-0.05, 0) is 37.1 Å². The molecule has 0 fully saturated rings. The van der Waals surface area contributed by atoms with E-state index in [1.165, 1.54) is 6.07 Å². The van der Waals surface area contributed by atoms with Gasteiger partial charge in [-0.2, -0.15) is 0 Å². The number of anilines is 1. The summed E-state index contributed by atoms with van der Waals surface area (Å²) in [4.78, 5) is 12.4.